The maximum Gasteiger partial charge on any atom is 0.178 e. The van der Waals surface area contributed by atoms with E-state index >= 15 is 0 Å². The number of hydrogen-bond acceptors (Lipinski definition) is 6. The third kappa shape index (κ3) is 3.02. The van der Waals surface area contributed by atoms with Gasteiger partial charge in [-0.1, -0.05) is 23.4 Å². The second-order valence-electron chi connectivity index (χ2n) is 7.32. The lowest BCUT2D eigenvalue weighted by Crippen LogP contribution is -2.21. The highest BCUT2D eigenvalue weighted by Crippen LogP contribution is 2.32. The molecule has 7 heteroatoms. The maximum atomic E-state index is 10.8. The summed E-state index contributed by atoms with van der Waals surface area (Å²) in [5.41, 5.74) is 4.97. The number of benzene rings is 1. The molecule has 1 atom stereocenters. The number of aliphatic hydroxyl groups is 1. The fraction of sp³-hybridized carbons (Fsp3) is 0.333. The predicted molar refractivity (Wildman–Crippen MR) is 106 cm³/mol. The minimum Gasteiger partial charge on any atom is -0.388 e. The molecule has 1 saturated heterocycles. The quantitative estimate of drug-likeness (QED) is 0.592. The van der Waals surface area contributed by atoms with Crippen molar-refractivity contribution in [2.75, 3.05) is 13.2 Å². The summed E-state index contributed by atoms with van der Waals surface area (Å²) < 4.78 is 7.06. The summed E-state index contributed by atoms with van der Waals surface area (Å²) >= 11 is 0. The Morgan fingerprint density at radius 2 is 1.93 bits per heavy atom. The van der Waals surface area contributed by atoms with Crippen LogP contribution in [-0.4, -0.2) is 43.3 Å². The van der Waals surface area contributed by atoms with Gasteiger partial charge in [-0.25, -0.2) is 14.6 Å². The first-order valence-electron chi connectivity index (χ1n) is 9.51. The van der Waals surface area contributed by atoms with Crippen LogP contribution in [0.15, 0.2) is 42.6 Å². The molecule has 0 amide bonds. The molecule has 0 unspecified atom stereocenters. The van der Waals surface area contributed by atoms with E-state index in [9.17, 15) is 5.11 Å². The number of hydrogen-bond donors (Lipinski definition) is 1. The van der Waals surface area contributed by atoms with E-state index < -0.39 is 6.10 Å². The van der Waals surface area contributed by atoms with E-state index in [1.165, 1.54) is 0 Å². The molecule has 0 aliphatic carbocycles. The number of aliphatic hydroxyl groups excluding tert-OH is 1. The Balaban J connectivity index is 1.51. The Labute approximate surface area is 162 Å². The average molecular weight is 375 g/mol. The molecule has 5 rings (SSSR count). The van der Waals surface area contributed by atoms with Gasteiger partial charge in [0.15, 0.2) is 5.65 Å². The standard InChI is InChI=1S/C21H21N5O2/c1-26-21-19(24-25-26)11-16(12-22-21)17-5-4-13-2-3-15(10-18(13)23-17)20(27)14-6-8-28-9-7-14/h2-5,10-12,14,20,27H,6-9H2,1H3/t20-/m0/s1. The summed E-state index contributed by atoms with van der Waals surface area (Å²) in [7, 11) is 1.82. The molecule has 7 nitrogen and oxygen atoms in total. The summed E-state index contributed by atoms with van der Waals surface area (Å²) in [4.78, 5) is 9.27. The maximum absolute atomic E-state index is 10.8. The van der Waals surface area contributed by atoms with Crippen molar-refractivity contribution in [2.45, 2.75) is 18.9 Å². The van der Waals surface area contributed by atoms with E-state index in [1.54, 1.807) is 10.9 Å². The van der Waals surface area contributed by atoms with Gasteiger partial charge in [0.1, 0.15) is 5.52 Å². The normalized spacial score (nSPS) is 16.6. The molecule has 1 aliphatic heterocycles. The van der Waals surface area contributed by atoms with Gasteiger partial charge >= 0.3 is 0 Å². The first kappa shape index (κ1) is 17.2. The number of ether oxygens (including phenoxy) is 1. The fourth-order valence-electron chi connectivity index (χ4n) is 3.85. The minimum absolute atomic E-state index is 0.234. The van der Waals surface area contributed by atoms with E-state index in [4.69, 9.17) is 9.72 Å². The van der Waals surface area contributed by atoms with Gasteiger partial charge in [-0.05, 0) is 42.5 Å². The highest BCUT2D eigenvalue weighted by molar-refractivity contribution is 5.83. The molecule has 1 aromatic carbocycles. The summed E-state index contributed by atoms with van der Waals surface area (Å²) in [5, 5.41) is 20.0. The van der Waals surface area contributed by atoms with E-state index in [2.05, 4.69) is 15.3 Å². The van der Waals surface area contributed by atoms with Crippen molar-refractivity contribution in [2.24, 2.45) is 13.0 Å². The van der Waals surface area contributed by atoms with Gasteiger partial charge in [0, 0.05) is 37.4 Å². The molecule has 3 aromatic heterocycles. The van der Waals surface area contributed by atoms with Crippen molar-refractivity contribution in [1.82, 2.24) is 25.0 Å². The van der Waals surface area contributed by atoms with Crippen molar-refractivity contribution >= 4 is 22.1 Å². The van der Waals surface area contributed by atoms with E-state index in [0.717, 1.165) is 64.9 Å². The average Bonchev–Trinajstić information content (AvgIpc) is 3.13. The number of pyridine rings is 2. The molecular weight excluding hydrogens is 354 g/mol. The Bertz CT molecular complexity index is 1150. The first-order valence-corrected chi connectivity index (χ1v) is 9.51. The van der Waals surface area contributed by atoms with Gasteiger partial charge in [-0.2, -0.15) is 0 Å². The van der Waals surface area contributed by atoms with Crippen molar-refractivity contribution in [3.8, 4) is 11.3 Å². The Kier molecular flexibility index (Phi) is 4.26. The van der Waals surface area contributed by atoms with Gasteiger partial charge in [0.05, 0.1) is 17.3 Å². The molecular formula is C21H21N5O2. The van der Waals surface area contributed by atoms with E-state index in [0.29, 0.717) is 0 Å². The number of aryl methyl sites for hydroxylation is 1. The molecule has 1 aliphatic rings. The highest BCUT2D eigenvalue weighted by atomic mass is 16.5. The zero-order valence-corrected chi connectivity index (χ0v) is 15.6. The highest BCUT2D eigenvalue weighted by Gasteiger charge is 2.23. The Hall–Kier alpha value is -2.90. The van der Waals surface area contributed by atoms with Crippen LogP contribution in [0.25, 0.3) is 33.3 Å². The Morgan fingerprint density at radius 1 is 1.11 bits per heavy atom. The van der Waals surface area contributed by atoms with Crippen molar-refractivity contribution in [3.05, 3.63) is 48.2 Å². The number of fused-ring (bicyclic) bond motifs is 2. The molecule has 0 saturated carbocycles. The number of aromatic nitrogens is 5. The molecule has 4 aromatic rings. The topological polar surface area (TPSA) is 86.0 Å². The van der Waals surface area contributed by atoms with Crippen molar-refractivity contribution in [3.63, 3.8) is 0 Å². The molecule has 0 radical (unpaired) electrons. The molecule has 1 N–H and O–H groups in total. The van der Waals surface area contributed by atoms with Crippen LogP contribution in [0.5, 0.6) is 0 Å². The zero-order valence-electron chi connectivity index (χ0n) is 15.6. The number of rotatable bonds is 3. The summed E-state index contributed by atoms with van der Waals surface area (Å²) in [6.45, 7) is 1.44. The van der Waals surface area contributed by atoms with Gasteiger partial charge < -0.3 is 9.84 Å². The molecule has 142 valence electrons. The number of nitrogens with zero attached hydrogens (tertiary/aromatic N) is 5. The summed E-state index contributed by atoms with van der Waals surface area (Å²) in [5.74, 6) is 0.234. The first-order chi connectivity index (χ1) is 13.7. The van der Waals surface area contributed by atoms with Crippen LogP contribution in [0.1, 0.15) is 24.5 Å². The second-order valence-corrected chi connectivity index (χ2v) is 7.32. The van der Waals surface area contributed by atoms with Crippen LogP contribution < -0.4 is 0 Å². The van der Waals surface area contributed by atoms with Crippen LogP contribution in [0.3, 0.4) is 0 Å². The minimum atomic E-state index is -0.489. The van der Waals surface area contributed by atoms with Crippen LogP contribution >= 0.6 is 0 Å². The molecule has 1 fully saturated rings. The largest absolute Gasteiger partial charge is 0.388 e. The van der Waals surface area contributed by atoms with Gasteiger partial charge in [0.25, 0.3) is 0 Å². The monoisotopic (exact) mass is 375 g/mol. The fourth-order valence-corrected chi connectivity index (χ4v) is 3.85. The molecule has 28 heavy (non-hydrogen) atoms. The summed E-state index contributed by atoms with van der Waals surface area (Å²) in [6, 6.07) is 12.0. The lowest BCUT2D eigenvalue weighted by molar-refractivity contribution is 0.00723. The third-order valence-corrected chi connectivity index (χ3v) is 5.51. The second kappa shape index (κ2) is 6.92. The van der Waals surface area contributed by atoms with Gasteiger partial charge in [-0.15, -0.1) is 5.10 Å². The zero-order chi connectivity index (χ0) is 19.1. The third-order valence-electron chi connectivity index (χ3n) is 5.51. The van der Waals surface area contributed by atoms with Gasteiger partial charge in [-0.3, -0.25) is 0 Å². The summed E-state index contributed by atoms with van der Waals surface area (Å²) in [6.07, 6.45) is 3.07. The van der Waals surface area contributed by atoms with E-state index in [-0.39, 0.29) is 5.92 Å². The SMILES string of the molecule is Cn1nnc2cc(-c3ccc4ccc([C@@H](O)C5CCOCC5)cc4n3)cnc21. The van der Waals surface area contributed by atoms with Crippen LogP contribution in [0.4, 0.5) is 0 Å². The molecule has 0 bridgehead atoms. The predicted octanol–water partition coefficient (Wildman–Crippen LogP) is 3.04. The lowest BCUT2D eigenvalue weighted by Gasteiger charge is -2.27. The van der Waals surface area contributed by atoms with E-state index in [1.807, 2.05) is 43.4 Å². The smallest absolute Gasteiger partial charge is 0.178 e. The van der Waals surface area contributed by atoms with Crippen LogP contribution in [-0.2, 0) is 11.8 Å². The van der Waals surface area contributed by atoms with Crippen LogP contribution in [0, 0.1) is 5.92 Å². The van der Waals surface area contributed by atoms with Crippen molar-refractivity contribution in [1.29, 1.82) is 0 Å². The Morgan fingerprint density at radius 3 is 2.79 bits per heavy atom. The molecule has 4 heterocycles. The van der Waals surface area contributed by atoms with Gasteiger partial charge in [0.2, 0.25) is 0 Å². The van der Waals surface area contributed by atoms with Crippen LogP contribution in [0.2, 0.25) is 0 Å². The molecule has 0 spiro atoms. The van der Waals surface area contributed by atoms with Crippen molar-refractivity contribution < 1.29 is 9.84 Å². The lowest BCUT2D eigenvalue weighted by atomic mass is 9.89.